The lowest BCUT2D eigenvalue weighted by atomic mass is 10.1. The quantitative estimate of drug-likeness (QED) is 0.283. The highest BCUT2D eigenvalue weighted by Crippen LogP contribution is 2.22. The van der Waals surface area contributed by atoms with Crippen molar-refractivity contribution in [2.45, 2.75) is 32.9 Å². The van der Waals surface area contributed by atoms with Crippen LogP contribution in [-0.2, 0) is 4.74 Å². The van der Waals surface area contributed by atoms with E-state index in [-0.39, 0.29) is 35.0 Å². The number of hydrogen-bond acceptors (Lipinski definition) is 7. The molecule has 0 aliphatic rings. The summed E-state index contributed by atoms with van der Waals surface area (Å²) in [7, 11) is 1.56. The number of amides is 1. The zero-order chi connectivity index (χ0) is 23.8. The summed E-state index contributed by atoms with van der Waals surface area (Å²) in [6, 6.07) is 6.96. The molecule has 1 aromatic heterocycles. The Morgan fingerprint density at radius 1 is 1.28 bits per heavy atom. The maximum absolute atomic E-state index is 14.6. The van der Waals surface area contributed by atoms with Crippen LogP contribution in [0.4, 0.5) is 15.9 Å². The largest absolute Gasteiger partial charge is 0.383 e. The van der Waals surface area contributed by atoms with Gasteiger partial charge in [0.25, 0.3) is 5.91 Å². The molecule has 1 heterocycles. The minimum atomic E-state index is -0.773. The summed E-state index contributed by atoms with van der Waals surface area (Å²) in [5.41, 5.74) is 0.776. The number of nitrogens with one attached hydrogen (secondary N) is 5. The van der Waals surface area contributed by atoms with Gasteiger partial charge in [-0.2, -0.15) is 0 Å². The molecular weight excluding hydrogens is 413 g/mol. The molecule has 32 heavy (non-hydrogen) atoms. The Morgan fingerprint density at radius 3 is 2.59 bits per heavy atom. The number of nitrogens with zero attached hydrogens (tertiary/aromatic N) is 2. The number of carbonyl (C=O) groups excluding carboxylic acids is 1. The summed E-state index contributed by atoms with van der Waals surface area (Å²) in [4.78, 5) is 18.5. The zero-order valence-corrected chi connectivity index (χ0v) is 18.5. The van der Waals surface area contributed by atoms with Crippen LogP contribution in [0.1, 0.15) is 42.4 Å². The van der Waals surface area contributed by atoms with Gasteiger partial charge in [0.15, 0.2) is 5.84 Å². The van der Waals surface area contributed by atoms with Crippen LogP contribution in [0.3, 0.4) is 0 Å². The van der Waals surface area contributed by atoms with Gasteiger partial charge in [-0.25, -0.2) is 9.37 Å². The molecule has 0 saturated heterocycles. The molecule has 0 aliphatic carbocycles. The number of hydrogen-bond donors (Lipinski definition) is 5. The first-order valence-electron chi connectivity index (χ1n) is 9.97. The van der Waals surface area contributed by atoms with E-state index in [1.54, 1.807) is 19.2 Å². The lowest BCUT2D eigenvalue weighted by Gasteiger charge is -2.23. The molecule has 0 fully saturated rings. The van der Waals surface area contributed by atoms with E-state index in [0.29, 0.717) is 17.9 Å². The standard InChI is InChI=1S/C22H28FN7O2/c1-13(2)30(12-25)21(26)18-6-5-7-20(28-18)29-22(31)16-9-19(27-14(3)11-32-4)15(10-24)8-17(16)23/h5-10,12-14,24-27H,11H2,1-4H3,(H,28,29,31). The lowest BCUT2D eigenvalue weighted by molar-refractivity contribution is 0.102. The Hall–Kier alpha value is -3.66. The van der Waals surface area contributed by atoms with Gasteiger partial charge in [-0.15, -0.1) is 0 Å². The van der Waals surface area contributed by atoms with Gasteiger partial charge in [0.1, 0.15) is 17.3 Å². The number of amidine groups is 1. The zero-order valence-electron chi connectivity index (χ0n) is 18.5. The number of anilines is 2. The van der Waals surface area contributed by atoms with Crippen molar-refractivity contribution in [2.75, 3.05) is 24.4 Å². The van der Waals surface area contributed by atoms with E-state index in [0.717, 1.165) is 18.6 Å². The first-order chi connectivity index (χ1) is 15.2. The molecule has 1 amide bonds. The summed E-state index contributed by atoms with van der Waals surface area (Å²) < 4.78 is 19.7. The second-order valence-electron chi connectivity index (χ2n) is 7.41. The van der Waals surface area contributed by atoms with Crippen molar-refractivity contribution < 1.29 is 13.9 Å². The fraction of sp³-hybridized carbons (Fsp3) is 0.318. The average molecular weight is 442 g/mol. The van der Waals surface area contributed by atoms with Crippen LogP contribution < -0.4 is 10.6 Å². The number of carbonyl (C=O) groups is 1. The minimum Gasteiger partial charge on any atom is -0.383 e. The predicted molar refractivity (Wildman–Crippen MR) is 124 cm³/mol. The molecule has 1 aromatic carbocycles. The third-order valence-electron chi connectivity index (χ3n) is 4.54. The maximum atomic E-state index is 14.6. The summed E-state index contributed by atoms with van der Waals surface area (Å²) in [5.74, 6) is -1.34. The van der Waals surface area contributed by atoms with E-state index in [1.807, 2.05) is 20.8 Å². The van der Waals surface area contributed by atoms with Crippen molar-refractivity contribution in [3.05, 3.63) is 53.0 Å². The SMILES string of the molecule is COCC(C)Nc1cc(C(=O)Nc2cccc(C(=N)N(C=N)C(C)C)n2)c(F)cc1C=N. The third kappa shape index (κ3) is 5.94. The number of pyridine rings is 1. The number of methoxy groups -OCH3 is 1. The molecule has 0 spiro atoms. The number of halogens is 1. The highest BCUT2D eigenvalue weighted by molar-refractivity contribution is 6.06. The number of rotatable bonds is 10. The average Bonchev–Trinajstić information content (AvgIpc) is 2.75. The molecule has 1 atom stereocenters. The Kier molecular flexibility index (Phi) is 8.54. The van der Waals surface area contributed by atoms with Crippen molar-refractivity contribution in [3.8, 4) is 0 Å². The fourth-order valence-corrected chi connectivity index (χ4v) is 2.99. The van der Waals surface area contributed by atoms with Gasteiger partial charge in [-0.3, -0.25) is 15.6 Å². The third-order valence-corrected chi connectivity index (χ3v) is 4.54. The molecule has 2 aromatic rings. The molecule has 170 valence electrons. The van der Waals surface area contributed by atoms with E-state index in [4.69, 9.17) is 21.0 Å². The van der Waals surface area contributed by atoms with Crippen molar-refractivity contribution in [2.24, 2.45) is 0 Å². The first kappa shape index (κ1) is 24.6. The monoisotopic (exact) mass is 441 g/mol. The van der Waals surface area contributed by atoms with Crippen molar-refractivity contribution in [1.29, 1.82) is 16.2 Å². The molecule has 9 nitrogen and oxygen atoms in total. The van der Waals surface area contributed by atoms with E-state index in [2.05, 4.69) is 15.6 Å². The van der Waals surface area contributed by atoms with Crippen LogP contribution >= 0.6 is 0 Å². The van der Waals surface area contributed by atoms with Crippen LogP contribution in [-0.4, -0.2) is 60.0 Å². The van der Waals surface area contributed by atoms with Gasteiger partial charge in [-0.05, 0) is 45.0 Å². The van der Waals surface area contributed by atoms with E-state index in [9.17, 15) is 9.18 Å². The van der Waals surface area contributed by atoms with Gasteiger partial charge in [0.2, 0.25) is 0 Å². The van der Waals surface area contributed by atoms with Gasteiger partial charge < -0.3 is 25.7 Å². The van der Waals surface area contributed by atoms with Crippen LogP contribution in [0.15, 0.2) is 30.3 Å². The topological polar surface area (TPSA) is 138 Å². The van der Waals surface area contributed by atoms with Crippen molar-refractivity contribution >= 4 is 35.8 Å². The fourth-order valence-electron chi connectivity index (χ4n) is 2.99. The van der Waals surface area contributed by atoms with Crippen LogP contribution in [0.2, 0.25) is 0 Å². The van der Waals surface area contributed by atoms with Crippen molar-refractivity contribution in [1.82, 2.24) is 9.88 Å². The van der Waals surface area contributed by atoms with E-state index in [1.165, 1.54) is 17.0 Å². The summed E-state index contributed by atoms with van der Waals surface area (Å²) in [5, 5.41) is 28.9. The lowest BCUT2D eigenvalue weighted by Crippen LogP contribution is -2.36. The number of aromatic nitrogens is 1. The first-order valence-corrected chi connectivity index (χ1v) is 9.97. The highest BCUT2D eigenvalue weighted by Gasteiger charge is 2.19. The number of benzene rings is 1. The molecule has 0 aliphatic heterocycles. The van der Waals surface area contributed by atoms with Gasteiger partial charge in [0, 0.05) is 36.7 Å². The number of ether oxygens (including phenoxy) is 1. The molecule has 0 bridgehead atoms. The molecule has 10 heteroatoms. The minimum absolute atomic E-state index is 0.00577. The normalized spacial score (nSPS) is 11.6. The second kappa shape index (κ2) is 11.1. The molecule has 1 unspecified atom stereocenters. The highest BCUT2D eigenvalue weighted by atomic mass is 19.1. The smallest absolute Gasteiger partial charge is 0.259 e. The molecule has 0 radical (unpaired) electrons. The maximum Gasteiger partial charge on any atom is 0.259 e. The summed E-state index contributed by atoms with van der Waals surface area (Å²) in [6.07, 6.45) is 2.05. The Balaban J connectivity index is 2.30. The molecular formula is C22H28FN7O2. The van der Waals surface area contributed by atoms with E-state index >= 15 is 0 Å². The Labute approximate surface area is 186 Å². The van der Waals surface area contributed by atoms with Crippen molar-refractivity contribution in [3.63, 3.8) is 0 Å². The predicted octanol–water partition coefficient (Wildman–Crippen LogP) is 3.56. The Morgan fingerprint density at radius 2 is 2.00 bits per heavy atom. The second-order valence-corrected chi connectivity index (χ2v) is 7.41. The molecule has 5 N–H and O–H groups in total. The molecule has 0 saturated carbocycles. The van der Waals surface area contributed by atoms with E-state index < -0.39 is 11.7 Å². The van der Waals surface area contributed by atoms with Crippen LogP contribution in [0, 0.1) is 22.0 Å². The van der Waals surface area contributed by atoms with Crippen LogP contribution in [0.5, 0.6) is 0 Å². The molecule has 2 rings (SSSR count). The van der Waals surface area contributed by atoms with Crippen LogP contribution in [0.25, 0.3) is 0 Å². The Bertz CT molecular complexity index is 1010. The van der Waals surface area contributed by atoms with Gasteiger partial charge >= 0.3 is 0 Å². The summed E-state index contributed by atoms with van der Waals surface area (Å²) in [6.45, 7) is 5.93. The summed E-state index contributed by atoms with van der Waals surface area (Å²) >= 11 is 0. The van der Waals surface area contributed by atoms with Gasteiger partial charge in [0.05, 0.1) is 18.5 Å². The van der Waals surface area contributed by atoms with Gasteiger partial charge in [-0.1, -0.05) is 6.07 Å².